The van der Waals surface area contributed by atoms with E-state index in [1.165, 1.54) is 7.11 Å². The molecule has 214 valence electrons. The molecule has 1 aliphatic carbocycles. The molecule has 1 heterocycles. The van der Waals surface area contributed by atoms with E-state index in [1.807, 2.05) is 60.7 Å². The van der Waals surface area contributed by atoms with Gasteiger partial charge in [-0.2, -0.15) is 0 Å². The van der Waals surface area contributed by atoms with Gasteiger partial charge in [0.25, 0.3) is 5.91 Å². The van der Waals surface area contributed by atoms with Crippen LogP contribution in [0.15, 0.2) is 73.1 Å². The molecule has 2 fully saturated rings. The van der Waals surface area contributed by atoms with Crippen molar-refractivity contribution in [2.24, 2.45) is 11.8 Å². The number of carbonyl (C=O) groups is 3. The maximum absolute atomic E-state index is 13.8. The Kier molecular flexibility index (Phi) is 9.50. The molecule has 1 saturated carbocycles. The van der Waals surface area contributed by atoms with Gasteiger partial charge in [-0.15, -0.1) is 0 Å². The molecule has 0 unspecified atom stereocenters. The first-order valence-corrected chi connectivity index (χ1v) is 14.3. The van der Waals surface area contributed by atoms with Crippen LogP contribution in [0, 0.1) is 11.8 Å². The minimum absolute atomic E-state index is 0.0228. The summed E-state index contributed by atoms with van der Waals surface area (Å²) in [6, 6.07) is 18.7. The maximum Gasteiger partial charge on any atom is 0.407 e. The number of nitrogens with zero attached hydrogens (tertiary/aromatic N) is 1. The SMILES string of the molecule is C=C1N[C@](CC(C)C)(c2ccccc2)C(=O)N1CCC[C@@H](NC(=O)[C@H](Cc1ccccc1)NC(=O)OC)C1CC1. The Balaban J connectivity index is 1.40. The van der Waals surface area contributed by atoms with Crippen molar-refractivity contribution in [1.82, 2.24) is 20.9 Å². The van der Waals surface area contributed by atoms with Gasteiger partial charge in [-0.25, -0.2) is 4.79 Å². The molecule has 8 heteroatoms. The molecule has 40 heavy (non-hydrogen) atoms. The molecule has 0 radical (unpaired) electrons. The average Bonchev–Trinajstić information content (AvgIpc) is 3.76. The summed E-state index contributed by atoms with van der Waals surface area (Å²) in [5.74, 6) is 1.12. The van der Waals surface area contributed by atoms with Crippen LogP contribution in [0.1, 0.15) is 57.1 Å². The van der Waals surface area contributed by atoms with E-state index in [9.17, 15) is 14.4 Å². The van der Waals surface area contributed by atoms with Crippen molar-refractivity contribution in [1.29, 1.82) is 0 Å². The number of ether oxygens (including phenoxy) is 1. The van der Waals surface area contributed by atoms with E-state index in [0.29, 0.717) is 43.5 Å². The van der Waals surface area contributed by atoms with Gasteiger partial charge in [-0.1, -0.05) is 81.1 Å². The minimum Gasteiger partial charge on any atom is -0.453 e. The fraction of sp³-hybridized carbons (Fsp3) is 0.469. The number of benzene rings is 2. The van der Waals surface area contributed by atoms with Crippen LogP contribution in [0.25, 0.3) is 0 Å². The second-order valence-corrected chi connectivity index (χ2v) is 11.4. The first-order chi connectivity index (χ1) is 19.2. The quantitative estimate of drug-likeness (QED) is 0.344. The number of amides is 3. The molecule has 2 aliphatic rings. The number of hydrogen-bond acceptors (Lipinski definition) is 5. The standard InChI is InChI=1S/C32H42N4O4/c1-22(2)21-32(26-14-9-6-10-15-26)30(38)36(23(3)35-32)19-11-16-27(25-17-18-25)33-29(37)28(34-31(39)40-4)20-24-12-7-5-8-13-24/h5-10,12-15,22,25,27-28,35H,3,11,16-21H2,1-2,4H3,(H,33,37)(H,34,39)/t27-,28+,32-/m1/s1. The lowest BCUT2D eigenvalue weighted by Gasteiger charge is -2.30. The van der Waals surface area contributed by atoms with E-state index in [0.717, 1.165) is 30.4 Å². The summed E-state index contributed by atoms with van der Waals surface area (Å²) in [7, 11) is 1.29. The van der Waals surface area contributed by atoms with E-state index in [4.69, 9.17) is 4.74 Å². The molecule has 3 amide bonds. The molecule has 0 bridgehead atoms. The number of methoxy groups -OCH3 is 1. The Bertz CT molecular complexity index is 1180. The summed E-state index contributed by atoms with van der Waals surface area (Å²) in [4.78, 5) is 40.9. The maximum atomic E-state index is 13.8. The number of rotatable bonds is 13. The third kappa shape index (κ3) is 7.03. The number of hydrogen-bond donors (Lipinski definition) is 3. The Morgan fingerprint density at radius 3 is 2.33 bits per heavy atom. The van der Waals surface area contributed by atoms with Crippen LogP contribution in [-0.2, 0) is 26.3 Å². The van der Waals surface area contributed by atoms with Gasteiger partial charge in [-0.05, 0) is 55.1 Å². The normalized spacial score (nSPS) is 20.1. The molecule has 3 atom stereocenters. The molecular weight excluding hydrogens is 504 g/mol. The summed E-state index contributed by atoms with van der Waals surface area (Å²) in [6.45, 7) is 8.94. The summed E-state index contributed by atoms with van der Waals surface area (Å²) in [6.07, 6.45) is 3.95. The first kappa shape index (κ1) is 29.2. The molecule has 4 rings (SSSR count). The van der Waals surface area contributed by atoms with Crippen LogP contribution >= 0.6 is 0 Å². The minimum atomic E-state index is -0.819. The van der Waals surface area contributed by atoms with Crippen molar-refractivity contribution in [3.63, 3.8) is 0 Å². The second-order valence-electron chi connectivity index (χ2n) is 11.4. The highest BCUT2D eigenvalue weighted by Crippen LogP contribution is 2.38. The van der Waals surface area contributed by atoms with Gasteiger partial charge in [-0.3, -0.25) is 14.5 Å². The van der Waals surface area contributed by atoms with Crippen LogP contribution in [0.2, 0.25) is 0 Å². The van der Waals surface area contributed by atoms with E-state index in [-0.39, 0.29) is 17.9 Å². The Morgan fingerprint density at radius 2 is 1.73 bits per heavy atom. The van der Waals surface area contributed by atoms with Crippen LogP contribution in [0.3, 0.4) is 0 Å². The van der Waals surface area contributed by atoms with Gasteiger partial charge in [0, 0.05) is 19.0 Å². The third-order valence-electron chi connectivity index (χ3n) is 7.77. The van der Waals surface area contributed by atoms with E-state index >= 15 is 0 Å². The van der Waals surface area contributed by atoms with Crippen molar-refractivity contribution >= 4 is 17.9 Å². The molecule has 1 saturated heterocycles. The zero-order chi connectivity index (χ0) is 28.7. The van der Waals surface area contributed by atoms with Gasteiger partial charge in [0.1, 0.15) is 17.4 Å². The lowest BCUT2D eigenvalue weighted by atomic mass is 9.82. The van der Waals surface area contributed by atoms with Crippen molar-refractivity contribution < 1.29 is 19.1 Å². The van der Waals surface area contributed by atoms with Crippen molar-refractivity contribution in [2.75, 3.05) is 13.7 Å². The smallest absolute Gasteiger partial charge is 0.407 e. The molecule has 2 aromatic carbocycles. The van der Waals surface area contributed by atoms with Crippen molar-refractivity contribution in [3.8, 4) is 0 Å². The van der Waals surface area contributed by atoms with Crippen LogP contribution in [0.4, 0.5) is 4.79 Å². The highest BCUT2D eigenvalue weighted by molar-refractivity contribution is 5.92. The first-order valence-electron chi connectivity index (χ1n) is 14.3. The monoisotopic (exact) mass is 546 g/mol. The fourth-order valence-electron chi connectivity index (χ4n) is 5.68. The van der Waals surface area contributed by atoms with E-state index < -0.39 is 17.7 Å². The van der Waals surface area contributed by atoms with Crippen molar-refractivity contribution in [3.05, 3.63) is 84.2 Å². The van der Waals surface area contributed by atoms with Crippen LogP contribution in [0.5, 0.6) is 0 Å². The van der Waals surface area contributed by atoms with Gasteiger partial charge in [0.05, 0.1) is 7.11 Å². The zero-order valence-corrected chi connectivity index (χ0v) is 23.8. The Morgan fingerprint density at radius 1 is 1.07 bits per heavy atom. The molecule has 3 N–H and O–H groups in total. The molecule has 8 nitrogen and oxygen atoms in total. The fourth-order valence-corrected chi connectivity index (χ4v) is 5.68. The van der Waals surface area contributed by atoms with E-state index in [1.54, 1.807) is 4.90 Å². The average molecular weight is 547 g/mol. The predicted octanol–water partition coefficient (Wildman–Crippen LogP) is 4.47. The zero-order valence-electron chi connectivity index (χ0n) is 23.8. The predicted molar refractivity (Wildman–Crippen MR) is 155 cm³/mol. The molecule has 2 aromatic rings. The number of alkyl carbamates (subject to hydrolysis) is 1. The largest absolute Gasteiger partial charge is 0.453 e. The molecule has 0 spiro atoms. The summed E-state index contributed by atoms with van der Waals surface area (Å²) in [5.41, 5.74) is 1.08. The number of nitrogens with one attached hydrogen (secondary N) is 3. The summed E-state index contributed by atoms with van der Waals surface area (Å²) >= 11 is 0. The molecular formula is C32H42N4O4. The van der Waals surface area contributed by atoms with Crippen molar-refractivity contribution in [2.45, 2.75) is 70.0 Å². The molecule has 0 aromatic heterocycles. The number of carbonyl (C=O) groups excluding carboxylic acids is 3. The Labute approximate surface area is 237 Å². The molecule has 1 aliphatic heterocycles. The summed E-state index contributed by atoms with van der Waals surface area (Å²) < 4.78 is 4.77. The second kappa shape index (κ2) is 13.0. The highest BCUT2D eigenvalue weighted by atomic mass is 16.5. The van der Waals surface area contributed by atoms with Crippen LogP contribution in [-0.4, -0.2) is 48.5 Å². The van der Waals surface area contributed by atoms with Gasteiger partial charge < -0.3 is 20.7 Å². The third-order valence-corrected chi connectivity index (χ3v) is 7.77. The topological polar surface area (TPSA) is 99.8 Å². The van der Waals surface area contributed by atoms with E-state index in [2.05, 4.69) is 36.4 Å². The highest BCUT2D eigenvalue weighted by Gasteiger charge is 2.49. The van der Waals surface area contributed by atoms with Gasteiger partial charge in [0.2, 0.25) is 5.91 Å². The Hall–Kier alpha value is -3.81. The van der Waals surface area contributed by atoms with Crippen LogP contribution < -0.4 is 16.0 Å². The lowest BCUT2D eigenvalue weighted by Crippen LogP contribution is -2.51. The van der Waals surface area contributed by atoms with Gasteiger partial charge in [0.15, 0.2) is 0 Å². The summed E-state index contributed by atoms with van der Waals surface area (Å²) in [5, 5.41) is 9.32. The van der Waals surface area contributed by atoms with Gasteiger partial charge >= 0.3 is 6.09 Å². The lowest BCUT2D eigenvalue weighted by molar-refractivity contribution is -0.132.